The summed E-state index contributed by atoms with van der Waals surface area (Å²) in [5, 5.41) is 0.167. The van der Waals surface area contributed by atoms with Gasteiger partial charge >= 0.3 is 0 Å². The van der Waals surface area contributed by atoms with Crippen molar-refractivity contribution in [2.45, 2.75) is 0 Å². The van der Waals surface area contributed by atoms with E-state index < -0.39 is 27.5 Å². The quantitative estimate of drug-likeness (QED) is 0.588. The molecule has 0 saturated carbocycles. The third-order valence-corrected chi connectivity index (χ3v) is 5.19. The van der Waals surface area contributed by atoms with E-state index in [0.29, 0.717) is 4.70 Å². The van der Waals surface area contributed by atoms with Gasteiger partial charge in [-0.3, -0.25) is 8.98 Å². The van der Waals surface area contributed by atoms with Crippen molar-refractivity contribution in [1.82, 2.24) is 0 Å². The predicted molar refractivity (Wildman–Crippen MR) is 80.0 cm³/mol. The second kappa shape index (κ2) is 6.19. The molecule has 0 N–H and O–H groups in total. The Bertz CT molecular complexity index is 825. The molecule has 0 bridgehead atoms. The second-order valence-corrected chi connectivity index (χ2v) is 7.06. The Hall–Kier alpha value is -1.71. The van der Waals surface area contributed by atoms with E-state index in [1.807, 2.05) is 0 Å². The van der Waals surface area contributed by atoms with E-state index in [4.69, 9.17) is 9.47 Å². The van der Waals surface area contributed by atoms with E-state index in [9.17, 15) is 17.6 Å². The average Bonchev–Trinajstić information content (AvgIpc) is 2.91. The molecule has 2 rings (SSSR count). The zero-order valence-corrected chi connectivity index (χ0v) is 13.6. The van der Waals surface area contributed by atoms with Gasteiger partial charge in [0.15, 0.2) is 23.1 Å². The zero-order chi connectivity index (χ0) is 16.5. The largest absolute Gasteiger partial charge is 0.493 e. The number of Topliss-reactive ketones (excluding diaryl/α,β-unsaturated/α-hetero) is 1. The molecule has 0 atom stereocenters. The van der Waals surface area contributed by atoms with Gasteiger partial charge in [-0.2, -0.15) is 8.42 Å². The van der Waals surface area contributed by atoms with Crippen LogP contribution in [0.1, 0.15) is 9.67 Å². The van der Waals surface area contributed by atoms with E-state index in [2.05, 4.69) is 4.18 Å². The molecule has 1 heterocycles. The van der Waals surface area contributed by atoms with Gasteiger partial charge in [-0.05, 0) is 6.07 Å². The molecule has 120 valence electrons. The summed E-state index contributed by atoms with van der Waals surface area (Å²) in [5.74, 6) is -2.01. The number of ketones is 1. The third-order valence-electron chi connectivity index (χ3n) is 2.94. The molecular weight excluding hydrogens is 335 g/mol. The first-order valence-corrected chi connectivity index (χ1v) is 8.38. The standard InChI is InChI=1S/C13H13FO6S2/c1-18-9-5-10-7(12(14)13(9)19-2)4-11(21-10)8(15)6-22(16,17)20-3/h4-5H,6H2,1-3H3. The number of benzene rings is 1. The lowest BCUT2D eigenvalue weighted by molar-refractivity contribution is 0.102. The minimum Gasteiger partial charge on any atom is -0.493 e. The molecule has 0 fully saturated rings. The second-order valence-electron chi connectivity index (χ2n) is 4.24. The molecule has 0 saturated heterocycles. The van der Waals surface area contributed by atoms with Gasteiger partial charge in [0.25, 0.3) is 10.1 Å². The fourth-order valence-corrected chi connectivity index (χ4v) is 3.58. The lowest BCUT2D eigenvalue weighted by Crippen LogP contribution is -2.16. The van der Waals surface area contributed by atoms with Crippen LogP contribution in [0.15, 0.2) is 12.1 Å². The molecule has 0 unspecified atom stereocenters. The van der Waals surface area contributed by atoms with Gasteiger partial charge in [-0.15, -0.1) is 11.3 Å². The third kappa shape index (κ3) is 3.06. The number of hydrogen-bond acceptors (Lipinski definition) is 7. The summed E-state index contributed by atoms with van der Waals surface area (Å²) in [6.07, 6.45) is 0. The van der Waals surface area contributed by atoms with Gasteiger partial charge in [0.1, 0.15) is 5.75 Å². The van der Waals surface area contributed by atoms with Crippen LogP contribution < -0.4 is 9.47 Å². The predicted octanol–water partition coefficient (Wildman–Crippen LogP) is 2.22. The molecular formula is C13H13FO6S2. The first kappa shape index (κ1) is 16.7. The van der Waals surface area contributed by atoms with Crippen molar-refractivity contribution in [2.24, 2.45) is 0 Å². The van der Waals surface area contributed by atoms with Gasteiger partial charge in [-0.25, -0.2) is 4.39 Å². The van der Waals surface area contributed by atoms with Crippen LogP contribution in [0.4, 0.5) is 4.39 Å². The summed E-state index contributed by atoms with van der Waals surface area (Å²) in [5.41, 5.74) is 0. The summed E-state index contributed by atoms with van der Waals surface area (Å²) < 4.78 is 51.6. The normalized spacial score (nSPS) is 11.6. The molecule has 0 amide bonds. The summed E-state index contributed by atoms with van der Waals surface area (Å²) in [6, 6.07) is 2.83. The highest BCUT2D eigenvalue weighted by Crippen LogP contribution is 2.39. The minimum absolute atomic E-state index is 0.0729. The van der Waals surface area contributed by atoms with Crippen molar-refractivity contribution in [3.63, 3.8) is 0 Å². The van der Waals surface area contributed by atoms with Gasteiger partial charge in [0.2, 0.25) is 0 Å². The minimum atomic E-state index is -3.93. The number of methoxy groups -OCH3 is 2. The van der Waals surface area contributed by atoms with Crippen molar-refractivity contribution in [1.29, 1.82) is 0 Å². The Labute approximate surface area is 130 Å². The summed E-state index contributed by atoms with van der Waals surface area (Å²) in [4.78, 5) is 12.1. The Balaban J connectivity index is 2.51. The van der Waals surface area contributed by atoms with Crippen molar-refractivity contribution < 1.29 is 31.3 Å². The van der Waals surface area contributed by atoms with Gasteiger partial charge in [0, 0.05) is 16.2 Å². The van der Waals surface area contributed by atoms with E-state index in [1.165, 1.54) is 26.4 Å². The van der Waals surface area contributed by atoms with Gasteiger partial charge in [-0.1, -0.05) is 0 Å². The fraction of sp³-hybridized carbons (Fsp3) is 0.308. The van der Waals surface area contributed by atoms with Gasteiger partial charge < -0.3 is 9.47 Å². The molecule has 0 aliphatic rings. The number of rotatable bonds is 6. The Morgan fingerprint density at radius 3 is 2.45 bits per heavy atom. The highest BCUT2D eigenvalue weighted by molar-refractivity contribution is 7.87. The van der Waals surface area contributed by atoms with Crippen LogP contribution in [-0.4, -0.2) is 41.3 Å². The van der Waals surface area contributed by atoms with Crippen LogP contribution in [0.25, 0.3) is 10.1 Å². The van der Waals surface area contributed by atoms with E-state index in [0.717, 1.165) is 18.4 Å². The van der Waals surface area contributed by atoms with Crippen LogP contribution in [0.2, 0.25) is 0 Å². The Kier molecular flexibility index (Phi) is 4.69. The number of fused-ring (bicyclic) bond motifs is 1. The molecule has 0 aliphatic heterocycles. The fourth-order valence-electron chi connectivity index (χ4n) is 1.87. The van der Waals surface area contributed by atoms with Crippen LogP contribution in [0.5, 0.6) is 11.5 Å². The van der Waals surface area contributed by atoms with E-state index in [1.54, 1.807) is 0 Å². The molecule has 0 aliphatic carbocycles. The summed E-state index contributed by atoms with van der Waals surface area (Å²) >= 11 is 0.974. The van der Waals surface area contributed by atoms with Crippen LogP contribution in [-0.2, 0) is 14.3 Å². The SMILES string of the molecule is COc1cc2sc(C(=O)CS(=O)(=O)OC)cc2c(F)c1OC. The number of thiophene rings is 1. The lowest BCUT2D eigenvalue weighted by Gasteiger charge is -2.08. The molecule has 22 heavy (non-hydrogen) atoms. The molecule has 6 nitrogen and oxygen atoms in total. The van der Waals surface area contributed by atoms with Crippen LogP contribution >= 0.6 is 11.3 Å². The Morgan fingerprint density at radius 1 is 1.23 bits per heavy atom. The Morgan fingerprint density at radius 2 is 1.91 bits per heavy atom. The number of halogens is 1. The summed E-state index contributed by atoms with van der Waals surface area (Å²) in [6.45, 7) is 0. The topological polar surface area (TPSA) is 78.9 Å². The zero-order valence-electron chi connectivity index (χ0n) is 12.0. The number of carbonyl (C=O) groups excluding carboxylic acids is 1. The molecule has 2 aromatic rings. The molecule has 9 heteroatoms. The molecule has 0 spiro atoms. The van der Waals surface area contributed by atoms with Crippen molar-refractivity contribution in [3.05, 3.63) is 22.8 Å². The summed E-state index contributed by atoms with van der Waals surface area (Å²) in [7, 11) is -0.280. The first-order chi connectivity index (χ1) is 10.3. The first-order valence-electron chi connectivity index (χ1n) is 5.98. The maximum Gasteiger partial charge on any atom is 0.274 e. The number of hydrogen-bond donors (Lipinski definition) is 0. The highest BCUT2D eigenvalue weighted by Gasteiger charge is 2.22. The maximum atomic E-state index is 14.3. The van der Waals surface area contributed by atoms with Crippen LogP contribution in [0, 0.1) is 5.82 Å². The lowest BCUT2D eigenvalue weighted by atomic mass is 10.2. The smallest absolute Gasteiger partial charge is 0.274 e. The molecule has 0 radical (unpaired) electrons. The van der Waals surface area contributed by atoms with E-state index >= 15 is 0 Å². The van der Waals surface area contributed by atoms with Crippen LogP contribution in [0.3, 0.4) is 0 Å². The van der Waals surface area contributed by atoms with Crippen molar-refractivity contribution in [2.75, 3.05) is 27.1 Å². The molecule has 1 aromatic heterocycles. The molecule has 1 aromatic carbocycles. The van der Waals surface area contributed by atoms with Crippen molar-refractivity contribution >= 4 is 37.3 Å². The average molecular weight is 348 g/mol. The monoisotopic (exact) mass is 348 g/mol. The maximum absolute atomic E-state index is 14.3. The van der Waals surface area contributed by atoms with E-state index in [-0.39, 0.29) is 21.8 Å². The van der Waals surface area contributed by atoms with Gasteiger partial charge in [0.05, 0.1) is 26.2 Å². The number of carbonyl (C=O) groups is 1. The number of ether oxygens (including phenoxy) is 2. The van der Waals surface area contributed by atoms with Crippen molar-refractivity contribution in [3.8, 4) is 11.5 Å². The highest BCUT2D eigenvalue weighted by atomic mass is 32.2.